The first kappa shape index (κ1) is 11.2. The van der Waals surface area contributed by atoms with E-state index in [9.17, 15) is 22.8 Å². The number of hydrogen-bond donors (Lipinski definition) is 1. The fourth-order valence-electron chi connectivity index (χ4n) is 1.80. The molecule has 1 aliphatic heterocycles. The number of piperazine rings is 1. The summed E-state index contributed by atoms with van der Waals surface area (Å²) in [6, 6.07) is -1.48. The summed E-state index contributed by atoms with van der Waals surface area (Å²) < 4.78 is 36.5. The number of nitrogens with zero attached hydrogens (tertiary/aromatic N) is 1. The first-order chi connectivity index (χ1) is 7.37. The molecule has 0 radical (unpaired) electrons. The topological polar surface area (TPSA) is 49.4 Å². The molecular weight excluding hydrogens is 225 g/mol. The van der Waals surface area contributed by atoms with Crippen molar-refractivity contribution in [1.29, 1.82) is 0 Å². The molecular formula is C9H11F3N2O2. The quantitative estimate of drug-likeness (QED) is 0.755. The molecule has 1 unspecified atom stereocenters. The van der Waals surface area contributed by atoms with Gasteiger partial charge in [-0.05, 0) is 12.8 Å². The lowest BCUT2D eigenvalue weighted by molar-refractivity contribution is -0.161. The minimum atomic E-state index is -4.44. The lowest BCUT2D eigenvalue weighted by Gasteiger charge is -2.32. The molecule has 1 N–H and O–H groups in total. The van der Waals surface area contributed by atoms with Crippen molar-refractivity contribution in [2.75, 3.05) is 6.54 Å². The van der Waals surface area contributed by atoms with E-state index >= 15 is 0 Å². The largest absolute Gasteiger partial charge is 0.391 e. The Balaban J connectivity index is 2.06. The second-order valence-electron chi connectivity index (χ2n) is 4.14. The number of carbonyl (C=O) groups is 2. The molecule has 2 rings (SSSR count). The molecule has 0 bridgehead atoms. The molecule has 1 saturated heterocycles. The Morgan fingerprint density at radius 2 is 1.94 bits per heavy atom. The van der Waals surface area contributed by atoms with Crippen LogP contribution in [0.2, 0.25) is 0 Å². The number of carbonyl (C=O) groups excluding carboxylic acids is 2. The maximum absolute atomic E-state index is 12.2. The van der Waals surface area contributed by atoms with E-state index < -0.39 is 30.5 Å². The molecule has 2 amide bonds. The van der Waals surface area contributed by atoms with Crippen LogP contribution in [0.3, 0.4) is 0 Å². The van der Waals surface area contributed by atoms with Crippen LogP contribution in [0.15, 0.2) is 0 Å². The van der Waals surface area contributed by atoms with Gasteiger partial charge in [-0.3, -0.25) is 9.59 Å². The standard InChI is InChI=1S/C9H11F3N2O2/c10-9(11,12)3-6-8(16)14(5-1-2-5)4-7(15)13-6/h5-6H,1-4H2,(H,13,15). The predicted octanol–water partition coefficient (Wildman–Crippen LogP) is 0.428. The van der Waals surface area contributed by atoms with Crippen LogP contribution in [0.5, 0.6) is 0 Å². The van der Waals surface area contributed by atoms with E-state index in [-0.39, 0.29) is 12.6 Å². The number of rotatable bonds is 2. The van der Waals surface area contributed by atoms with Gasteiger partial charge in [-0.1, -0.05) is 0 Å². The van der Waals surface area contributed by atoms with E-state index in [1.807, 2.05) is 0 Å². The number of hydrogen-bond acceptors (Lipinski definition) is 2. The first-order valence-electron chi connectivity index (χ1n) is 5.03. The van der Waals surface area contributed by atoms with Crippen molar-refractivity contribution in [3.05, 3.63) is 0 Å². The maximum atomic E-state index is 12.2. The van der Waals surface area contributed by atoms with Gasteiger partial charge in [-0.2, -0.15) is 13.2 Å². The minimum Gasteiger partial charge on any atom is -0.342 e. The number of nitrogens with one attached hydrogen (secondary N) is 1. The summed E-state index contributed by atoms with van der Waals surface area (Å²) in [4.78, 5) is 24.1. The van der Waals surface area contributed by atoms with Crippen molar-refractivity contribution >= 4 is 11.8 Å². The first-order valence-corrected chi connectivity index (χ1v) is 5.03. The highest BCUT2D eigenvalue weighted by molar-refractivity contribution is 5.95. The highest BCUT2D eigenvalue weighted by Gasteiger charge is 2.44. The fraction of sp³-hybridized carbons (Fsp3) is 0.778. The highest BCUT2D eigenvalue weighted by atomic mass is 19.4. The Morgan fingerprint density at radius 1 is 1.31 bits per heavy atom. The van der Waals surface area contributed by atoms with Gasteiger partial charge in [0.2, 0.25) is 11.8 Å². The van der Waals surface area contributed by atoms with E-state index in [1.54, 1.807) is 0 Å². The predicted molar refractivity (Wildman–Crippen MR) is 47.3 cm³/mol. The van der Waals surface area contributed by atoms with Crippen molar-refractivity contribution in [1.82, 2.24) is 10.2 Å². The molecule has 1 saturated carbocycles. The van der Waals surface area contributed by atoms with Gasteiger partial charge in [-0.15, -0.1) is 0 Å². The molecule has 1 heterocycles. The summed E-state index contributed by atoms with van der Waals surface area (Å²) in [7, 11) is 0. The second kappa shape index (κ2) is 3.64. The minimum absolute atomic E-state index is 0.0331. The van der Waals surface area contributed by atoms with Gasteiger partial charge in [0, 0.05) is 6.04 Å². The zero-order valence-corrected chi connectivity index (χ0v) is 8.38. The van der Waals surface area contributed by atoms with E-state index in [1.165, 1.54) is 4.90 Å². The molecule has 16 heavy (non-hydrogen) atoms. The van der Waals surface area contributed by atoms with Crippen molar-refractivity contribution in [2.24, 2.45) is 0 Å². The maximum Gasteiger partial charge on any atom is 0.391 e. The molecule has 2 fully saturated rings. The molecule has 0 aromatic carbocycles. The van der Waals surface area contributed by atoms with E-state index in [2.05, 4.69) is 5.32 Å². The van der Waals surface area contributed by atoms with Gasteiger partial charge in [0.05, 0.1) is 13.0 Å². The molecule has 90 valence electrons. The van der Waals surface area contributed by atoms with Crippen LogP contribution in [0.4, 0.5) is 13.2 Å². The lowest BCUT2D eigenvalue weighted by atomic mass is 10.1. The summed E-state index contributed by atoms with van der Waals surface area (Å²) in [5.41, 5.74) is 0. The molecule has 1 aliphatic carbocycles. The van der Waals surface area contributed by atoms with Gasteiger partial charge in [0.1, 0.15) is 6.04 Å². The molecule has 0 aromatic heterocycles. The highest BCUT2D eigenvalue weighted by Crippen LogP contribution is 2.30. The summed E-state index contributed by atoms with van der Waals surface area (Å²) in [5, 5.41) is 2.09. The third-order valence-electron chi connectivity index (χ3n) is 2.65. The lowest BCUT2D eigenvalue weighted by Crippen LogP contribution is -2.59. The zero-order chi connectivity index (χ0) is 11.9. The SMILES string of the molecule is O=C1CN(C2CC2)C(=O)C(CC(F)(F)F)N1. The normalized spacial score (nSPS) is 26.9. The molecule has 4 nitrogen and oxygen atoms in total. The van der Waals surface area contributed by atoms with Crippen molar-refractivity contribution in [2.45, 2.75) is 37.5 Å². The van der Waals surface area contributed by atoms with Crippen molar-refractivity contribution in [3.8, 4) is 0 Å². The van der Waals surface area contributed by atoms with Crippen LogP contribution in [0.25, 0.3) is 0 Å². The van der Waals surface area contributed by atoms with Gasteiger partial charge < -0.3 is 10.2 Å². The van der Waals surface area contributed by atoms with Crippen LogP contribution < -0.4 is 5.32 Å². The molecule has 7 heteroatoms. The Hall–Kier alpha value is -1.27. The van der Waals surface area contributed by atoms with Gasteiger partial charge in [-0.25, -0.2) is 0 Å². The third-order valence-corrected chi connectivity index (χ3v) is 2.65. The van der Waals surface area contributed by atoms with E-state index in [4.69, 9.17) is 0 Å². The Morgan fingerprint density at radius 3 is 2.44 bits per heavy atom. The Kier molecular flexibility index (Phi) is 2.55. The van der Waals surface area contributed by atoms with Crippen LogP contribution in [-0.2, 0) is 9.59 Å². The van der Waals surface area contributed by atoms with Crippen LogP contribution in [0, 0.1) is 0 Å². The van der Waals surface area contributed by atoms with Gasteiger partial charge in [0.15, 0.2) is 0 Å². The molecule has 1 atom stereocenters. The Labute approximate surface area is 89.8 Å². The number of halogens is 3. The zero-order valence-electron chi connectivity index (χ0n) is 8.38. The monoisotopic (exact) mass is 236 g/mol. The number of amides is 2. The van der Waals surface area contributed by atoms with Crippen molar-refractivity contribution < 1.29 is 22.8 Å². The molecule has 0 aromatic rings. The Bertz CT molecular complexity index is 325. The summed E-state index contributed by atoms with van der Waals surface area (Å²) >= 11 is 0. The smallest absolute Gasteiger partial charge is 0.342 e. The average molecular weight is 236 g/mol. The fourth-order valence-corrected chi connectivity index (χ4v) is 1.80. The summed E-state index contributed by atoms with van der Waals surface area (Å²) in [5.74, 6) is -1.12. The van der Waals surface area contributed by atoms with Crippen LogP contribution >= 0.6 is 0 Å². The second-order valence-corrected chi connectivity index (χ2v) is 4.14. The van der Waals surface area contributed by atoms with Crippen LogP contribution in [-0.4, -0.2) is 41.5 Å². The molecule has 0 spiro atoms. The summed E-state index contributed by atoms with van der Waals surface area (Å²) in [6.07, 6.45) is -4.18. The third kappa shape index (κ3) is 2.45. The van der Waals surface area contributed by atoms with E-state index in [0.29, 0.717) is 0 Å². The van der Waals surface area contributed by atoms with Crippen LogP contribution in [0.1, 0.15) is 19.3 Å². The summed E-state index contributed by atoms with van der Waals surface area (Å²) in [6.45, 7) is -0.113. The van der Waals surface area contributed by atoms with Gasteiger partial charge >= 0.3 is 6.18 Å². The van der Waals surface area contributed by atoms with E-state index in [0.717, 1.165) is 12.8 Å². The van der Waals surface area contributed by atoms with Gasteiger partial charge in [0.25, 0.3) is 0 Å². The number of alkyl halides is 3. The molecule has 2 aliphatic rings. The average Bonchev–Trinajstić information content (AvgIpc) is 2.91. The van der Waals surface area contributed by atoms with Crippen molar-refractivity contribution in [3.63, 3.8) is 0 Å².